The van der Waals surface area contributed by atoms with Crippen molar-refractivity contribution < 1.29 is 0 Å². The lowest BCUT2D eigenvalue weighted by molar-refractivity contribution is 0.187. The topological polar surface area (TPSA) is 15.3 Å². The van der Waals surface area contributed by atoms with Gasteiger partial charge in [-0.15, -0.1) is 0 Å². The third-order valence-electron chi connectivity index (χ3n) is 4.91. The van der Waals surface area contributed by atoms with Gasteiger partial charge < -0.3 is 10.2 Å². The van der Waals surface area contributed by atoms with E-state index in [4.69, 9.17) is 0 Å². The third-order valence-corrected chi connectivity index (χ3v) is 4.91. The van der Waals surface area contributed by atoms with E-state index in [1.807, 2.05) is 0 Å². The van der Waals surface area contributed by atoms with E-state index in [1.54, 1.807) is 0 Å². The summed E-state index contributed by atoms with van der Waals surface area (Å²) in [5.41, 5.74) is 3.41. The smallest absolute Gasteiger partial charge is 0.0380 e. The minimum absolute atomic E-state index is 0.340. The molecule has 1 atom stereocenters. The van der Waals surface area contributed by atoms with Crippen LogP contribution in [0.2, 0.25) is 0 Å². The van der Waals surface area contributed by atoms with Crippen LogP contribution in [-0.4, -0.2) is 31.1 Å². The van der Waals surface area contributed by atoms with Crippen LogP contribution in [0.25, 0.3) is 0 Å². The Balaban J connectivity index is 1.76. The van der Waals surface area contributed by atoms with Gasteiger partial charge in [-0.05, 0) is 55.9 Å². The van der Waals surface area contributed by atoms with Crippen LogP contribution in [0.5, 0.6) is 0 Å². The van der Waals surface area contributed by atoms with Crippen LogP contribution < -0.4 is 5.32 Å². The zero-order chi connectivity index (χ0) is 13.5. The van der Waals surface area contributed by atoms with Crippen LogP contribution >= 0.6 is 0 Å². The Morgan fingerprint density at radius 2 is 1.84 bits per heavy atom. The number of nitrogens with zero attached hydrogens (tertiary/aromatic N) is 1. The zero-order valence-electron chi connectivity index (χ0n) is 12.4. The third kappa shape index (κ3) is 2.56. The lowest BCUT2D eigenvalue weighted by Gasteiger charge is -2.36. The standard InChI is InChI=1S/C17H26N2/c1-17(2)12-13-6-4-5-7-15(13)16(17)18-14-8-10-19(3)11-9-14/h4-7,14,16,18H,8-12H2,1-3H3. The number of hydrogen-bond donors (Lipinski definition) is 1. The molecule has 0 saturated carbocycles. The molecule has 1 fully saturated rings. The lowest BCUT2D eigenvalue weighted by atomic mass is 9.84. The van der Waals surface area contributed by atoms with Crippen molar-refractivity contribution in [1.82, 2.24) is 10.2 Å². The second-order valence-electron chi connectivity index (χ2n) is 7.04. The van der Waals surface area contributed by atoms with Gasteiger partial charge in [0.25, 0.3) is 0 Å². The van der Waals surface area contributed by atoms with Gasteiger partial charge in [0, 0.05) is 12.1 Å². The van der Waals surface area contributed by atoms with Crippen molar-refractivity contribution in [2.45, 2.75) is 45.2 Å². The minimum atomic E-state index is 0.340. The van der Waals surface area contributed by atoms with E-state index in [-0.39, 0.29) is 0 Å². The Hall–Kier alpha value is -0.860. The maximum absolute atomic E-state index is 3.96. The summed E-state index contributed by atoms with van der Waals surface area (Å²) in [5.74, 6) is 0. The van der Waals surface area contributed by atoms with Crippen LogP contribution in [0, 0.1) is 5.41 Å². The van der Waals surface area contributed by atoms with Crippen molar-refractivity contribution in [1.29, 1.82) is 0 Å². The first-order valence-corrected chi connectivity index (χ1v) is 7.59. The molecule has 0 radical (unpaired) electrons. The summed E-state index contributed by atoms with van der Waals surface area (Å²) in [6, 6.07) is 10.2. The molecule has 1 N–H and O–H groups in total. The molecule has 0 spiro atoms. The molecule has 1 aromatic rings. The van der Waals surface area contributed by atoms with Crippen molar-refractivity contribution in [3.8, 4) is 0 Å². The SMILES string of the molecule is CN1CCC(NC2c3ccccc3CC2(C)C)CC1. The first-order chi connectivity index (χ1) is 9.06. The molecule has 0 amide bonds. The van der Waals surface area contributed by atoms with E-state index in [2.05, 4.69) is 55.4 Å². The molecule has 0 bridgehead atoms. The second kappa shape index (κ2) is 4.92. The van der Waals surface area contributed by atoms with E-state index in [9.17, 15) is 0 Å². The largest absolute Gasteiger partial charge is 0.307 e. The predicted octanol–water partition coefficient (Wildman–Crippen LogP) is 2.99. The van der Waals surface area contributed by atoms with Gasteiger partial charge in [0.1, 0.15) is 0 Å². The number of hydrogen-bond acceptors (Lipinski definition) is 2. The van der Waals surface area contributed by atoms with Gasteiger partial charge in [0.2, 0.25) is 0 Å². The van der Waals surface area contributed by atoms with E-state index in [0.717, 1.165) is 0 Å². The van der Waals surface area contributed by atoms with E-state index < -0.39 is 0 Å². The molecule has 2 nitrogen and oxygen atoms in total. The van der Waals surface area contributed by atoms with Crippen LogP contribution in [0.4, 0.5) is 0 Å². The summed E-state index contributed by atoms with van der Waals surface area (Å²) in [5, 5.41) is 3.96. The number of likely N-dealkylation sites (tertiary alicyclic amines) is 1. The normalized spacial score (nSPS) is 27.4. The lowest BCUT2D eigenvalue weighted by Crippen LogP contribution is -2.44. The molecule has 1 aliphatic carbocycles. The summed E-state index contributed by atoms with van der Waals surface area (Å²) in [4.78, 5) is 2.44. The van der Waals surface area contributed by atoms with Crippen molar-refractivity contribution in [2.75, 3.05) is 20.1 Å². The van der Waals surface area contributed by atoms with Crippen LogP contribution in [0.1, 0.15) is 43.9 Å². The monoisotopic (exact) mass is 258 g/mol. The highest BCUT2D eigenvalue weighted by Gasteiger charge is 2.39. The fourth-order valence-electron chi connectivity index (χ4n) is 3.72. The van der Waals surface area contributed by atoms with Gasteiger partial charge in [-0.1, -0.05) is 38.1 Å². The summed E-state index contributed by atoms with van der Waals surface area (Å²) >= 11 is 0. The maximum atomic E-state index is 3.96. The molecule has 1 saturated heterocycles. The molecule has 0 aromatic heterocycles. The van der Waals surface area contributed by atoms with E-state index >= 15 is 0 Å². The maximum Gasteiger partial charge on any atom is 0.0380 e. The number of piperidine rings is 1. The first kappa shape index (κ1) is 13.1. The van der Waals surface area contributed by atoms with Gasteiger partial charge in [0.05, 0.1) is 0 Å². The summed E-state index contributed by atoms with van der Waals surface area (Å²) < 4.78 is 0. The Morgan fingerprint density at radius 3 is 2.58 bits per heavy atom. The van der Waals surface area contributed by atoms with Crippen LogP contribution in [0.15, 0.2) is 24.3 Å². The fraction of sp³-hybridized carbons (Fsp3) is 0.647. The van der Waals surface area contributed by atoms with Gasteiger partial charge in [0.15, 0.2) is 0 Å². The highest BCUT2D eigenvalue weighted by Crippen LogP contribution is 2.45. The predicted molar refractivity (Wildman–Crippen MR) is 80.3 cm³/mol. The molecule has 1 unspecified atom stereocenters. The van der Waals surface area contributed by atoms with Crippen molar-refractivity contribution in [3.05, 3.63) is 35.4 Å². The molecule has 1 aromatic carbocycles. The Morgan fingerprint density at radius 1 is 1.16 bits per heavy atom. The van der Waals surface area contributed by atoms with Crippen LogP contribution in [0.3, 0.4) is 0 Å². The number of nitrogens with one attached hydrogen (secondary N) is 1. The molecule has 2 aliphatic rings. The zero-order valence-corrected chi connectivity index (χ0v) is 12.4. The fourth-order valence-corrected chi connectivity index (χ4v) is 3.72. The van der Waals surface area contributed by atoms with E-state index in [0.29, 0.717) is 17.5 Å². The Kier molecular flexibility index (Phi) is 3.40. The van der Waals surface area contributed by atoms with Gasteiger partial charge >= 0.3 is 0 Å². The van der Waals surface area contributed by atoms with Gasteiger partial charge in [-0.25, -0.2) is 0 Å². The second-order valence-corrected chi connectivity index (χ2v) is 7.04. The summed E-state index contributed by atoms with van der Waals surface area (Å²) in [7, 11) is 2.23. The quantitative estimate of drug-likeness (QED) is 0.877. The Labute approximate surface area is 117 Å². The summed E-state index contributed by atoms with van der Waals surface area (Å²) in [6.07, 6.45) is 3.77. The van der Waals surface area contributed by atoms with Crippen LogP contribution in [-0.2, 0) is 6.42 Å². The molecular weight excluding hydrogens is 232 g/mol. The van der Waals surface area contributed by atoms with Crippen molar-refractivity contribution in [3.63, 3.8) is 0 Å². The molecule has 19 heavy (non-hydrogen) atoms. The van der Waals surface area contributed by atoms with Gasteiger partial charge in [-0.3, -0.25) is 0 Å². The molecule has 2 heteroatoms. The Bertz CT molecular complexity index is 444. The number of fused-ring (bicyclic) bond motifs is 1. The van der Waals surface area contributed by atoms with Crippen molar-refractivity contribution in [2.24, 2.45) is 5.41 Å². The van der Waals surface area contributed by atoms with E-state index in [1.165, 1.54) is 43.5 Å². The highest BCUT2D eigenvalue weighted by molar-refractivity contribution is 5.37. The first-order valence-electron chi connectivity index (χ1n) is 7.59. The number of rotatable bonds is 2. The summed E-state index contributed by atoms with van der Waals surface area (Å²) in [6.45, 7) is 7.26. The average molecular weight is 258 g/mol. The minimum Gasteiger partial charge on any atom is -0.307 e. The number of benzene rings is 1. The highest BCUT2D eigenvalue weighted by atomic mass is 15.1. The molecular formula is C17H26N2. The average Bonchev–Trinajstić information content (AvgIpc) is 2.63. The van der Waals surface area contributed by atoms with Crippen molar-refractivity contribution >= 4 is 0 Å². The molecule has 1 aliphatic heterocycles. The molecule has 3 rings (SSSR count). The van der Waals surface area contributed by atoms with Gasteiger partial charge in [-0.2, -0.15) is 0 Å². The molecule has 104 valence electrons. The molecule has 1 heterocycles.